The number of allylic oxidation sites excluding steroid dienone is 2. The van der Waals surface area contributed by atoms with Crippen LogP contribution in [-0.4, -0.2) is 17.6 Å². The van der Waals surface area contributed by atoms with Crippen molar-refractivity contribution in [2.45, 2.75) is 39.7 Å². The molecule has 1 aliphatic carbocycles. The Bertz CT molecular complexity index is 1220. The number of pyridine rings is 1. The summed E-state index contributed by atoms with van der Waals surface area (Å²) in [6, 6.07) is 13.9. The van der Waals surface area contributed by atoms with Crippen LogP contribution in [0.1, 0.15) is 58.9 Å². The van der Waals surface area contributed by atoms with E-state index in [4.69, 9.17) is 21.1 Å². The Balaban J connectivity index is 1.72. The van der Waals surface area contributed by atoms with Crippen molar-refractivity contribution < 1.29 is 18.7 Å². The van der Waals surface area contributed by atoms with E-state index in [9.17, 15) is 9.18 Å². The third-order valence-corrected chi connectivity index (χ3v) is 5.99. The summed E-state index contributed by atoms with van der Waals surface area (Å²) in [5, 5.41) is 0.594. The predicted molar refractivity (Wildman–Crippen MR) is 128 cm³/mol. The van der Waals surface area contributed by atoms with E-state index in [-0.39, 0.29) is 18.4 Å². The van der Waals surface area contributed by atoms with Gasteiger partial charge in [0.15, 0.2) is 0 Å². The first-order valence-corrected chi connectivity index (χ1v) is 11.4. The summed E-state index contributed by atoms with van der Waals surface area (Å²) in [6.07, 6.45) is 4.45. The first kappa shape index (κ1) is 23.0. The van der Waals surface area contributed by atoms with Gasteiger partial charge in [-0.2, -0.15) is 0 Å². The SMILES string of the molecule is CCOC(=O)c1cc(C2=C(c3cc(Cl)ccc3OCc3ccccc3F)CCC2)cnc1C. The van der Waals surface area contributed by atoms with Gasteiger partial charge in [0.05, 0.1) is 17.9 Å². The number of halogens is 2. The molecule has 1 aromatic heterocycles. The molecule has 4 rings (SSSR count). The molecule has 0 spiro atoms. The van der Waals surface area contributed by atoms with Crippen molar-refractivity contribution in [2.24, 2.45) is 0 Å². The molecule has 0 N–H and O–H groups in total. The molecular weight excluding hydrogens is 441 g/mol. The molecule has 3 aromatic rings. The van der Waals surface area contributed by atoms with Crippen LogP contribution in [0.5, 0.6) is 5.75 Å². The maximum Gasteiger partial charge on any atom is 0.339 e. The van der Waals surface area contributed by atoms with Crippen molar-refractivity contribution in [1.29, 1.82) is 0 Å². The highest BCUT2D eigenvalue weighted by molar-refractivity contribution is 6.30. The van der Waals surface area contributed by atoms with Crippen LogP contribution < -0.4 is 4.74 Å². The van der Waals surface area contributed by atoms with Gasteiger partial charge < -0.3 is 9.47 Å². The van der Waals surface area contributed by atoms with E-state index in [0.717, 1.165) is 41.5 Å². The van der Waals surface area contributed by atoms with Crippen molar-refractivity contribution in [3.05, 3.63) is 93.5 Å². The number of ether oxygens (including phenoxy) is 2. The average molecular weight is 466 g/mol. The van der Waals surface area contributed by atoms with Crippen molar-refractivity contribution in [3.63, 3.8) is 0 Å². The third-order valence-electron chi connectivity index (χ3n) is 5.76. The van der Waals surface area contributed by atoms with E-state index in [1.54, 1.807) is 44.3 Å². The second kappa shape index (κ2) is 10.2. The van der Waals surface area contributed by atoms with Gasteiger partial charge >= 0.3 is 5.97 Å². The van der Waals surface area contributed by atoms with Gasteiger partial charge in [0, 0.05) is 22.3 Å². The predicted octanol–water partition coefficient (Wildman–Crippen LogP) is 7.03. The molecule has 1 heterocycles. The smallest absolute Gasteiger partial charge is 0.339 e. The van der Waals surface area contributed by atoms with Crippen LogP contribution in [0.25, 0.3) is 11.1 Å². The zero-order valence-corrected chi connectivity index (χ0v) is 19.4. The summed E-state index contributed by atoms with van der Waals surface area (Å²) in [4.78, 5) is 16.8. The van der Waals surface area contributed by atoms with Crippen molar-refractivity contribution in [3.8, 4) is 5.75 Å². The molecule has 0 unspecified atom stereocenters. The minimum Gasteiger partial charge on any atom is -0.488 e. The molecule has 0 fully saturated rings. The topological polar surface area (TPSA) is 48.4 Å². The van der Waals surface area contributed by atoms with E-state index < -0.39 is 0 Å². The van der Waals surface area contributed by atoms with E-state index in [1.807, 2.05) is 18.2 Å². The van der Waals surface area contributed by atoms with Gasteiger partial charge in [-0.3, -0.25) is 4.98 Å². The zero-order chi connectivity index (χ0) is 23.4. The minimum absolute atomic E-state index is 0.114. The highest BCUT2D eigenvalue weighted by atomic mass is 35.5. The zero-order valence-electron chi connectivity index (χ0n) is 18.7. The molecule has 1 aliphatic rings. The molecule has 0 radical (unpaired) electrons. The van der Waals surface area contributed by atoms with Crippen molar-refractivity contribution in [1.82, 2.24) is 4.98 Å². The molecule has 4 nitrogen and oxygen atoms in total. The highest BCUT2D eigenvalue weighted by Gasteiger charge is 2.23. The summed E-state index contributed by atoms with van der Waals surface area (Å²) < 4.78 is 25.3. The van der Waals surface area contributed by atoms with Crippen molar-refractivity contribution >= 4 is 28.7 Å². The molecule has 0 saturated heterocycles. The summed E-state index contributed by atoms with van der Waals surface area (Å²) in [5.41, 5.74) is 5.55. The Morgan fingerprint density at radius 3 is 2.70 bits per heavy atom. The quantitative estimate of drug-likeness (QED) is 0.351. The van der Waals surface area contributed by atoms with Crippen LogP contribution >= 0.6 is 11.6 Å². The lowest BCUT2D eigenvalue weighted by Gasteiger charge is -2.16. The minimum atomic E-state index is -0.374. The van der Waals surface area contributed by atoms with Crippen LogP contribution in [0, 0.1) is 12.7 Å². The number of nitrogens with zero attached hydrogens (tertiary/aromatic N) is 1. The monoisotopic (exact) mass is 465 g/mol. The molecule has 0 amide bonds. The molecule has 33 heavy (non-hydrogen) atoms. The van der Waals surface area contributed by atoms with E-state index in [2.05, 4.69) is 4.98 Å². The van der Waals surface area contributed by atoms with E-state index in [0.29, 0.717) is 34.2 Å². The molecule has 0 atom stereocenters. The summed E-state index contributed by atoms with van der Waals surface area (Å²) in [7, 11) is 0. The maximum atomic E-state index is 14.1. The second-order valence-electron chi connectivity index (χ2n) is 7.91. The molecule has 6 heteroatoms. The molecule has 2 aromatic carbocycles. The van der Waals surface area contributed by atoms with Gasteiger partial charge in [-0.15, -0.1) is 0 Å². The lowest BCUT2D eigenvalue weighted by molar-refractivity contribution is 0.0525. The second-order valence-corrected chi connectivity index (χ2v) is 8.35. The molecule has 0 aliphatic heterocycles. The normalized spacial score (nSPS) is 13.3. The van der Waals surface area contributed by atoms with Crippen molar-refractivity contribution in [2.75, 3.05) is 6.61 Å². The number of rotatable bonds is 7. The summed E-state index contributed by atoms with van der Waals surface area (Å²) >= 11 is 6.34. The number of aromatic nitrogens is 1. The van der Waals surface area contributed by atoms with E-state index in [1.165, 1.54) is 6.07 Å². The standard InChI is InChI=1S/C27H25ClFNO3/c1-3-32-27(31)23-13-19(15-30-17(23)2)21-8-6-9-22(21)24-14-20(28)11-12-26(24)33-16-18-7-4-5-10-25(18)29/h4-5,7,10-15H,3,6,8-9,16H2,1-2H3. The van der Waals surface area contributed by atoms with Crippen LogP contribution in [0.15, 0.2) is 54.7 Å². The summed E-state index contributed by atoms with van der Waals surface area (Å²) in [6.45, 7) is 4.00. The number of benzene rings is 2. The number of hydrogen-bond acceptors (Lipinski definition) is 4. The Kier molecular flexibility index (Phi) is 7.09. The maximum absolute atomic E-state index is 14.1. The number of carbonyl (C=O) groups is 1. The third kappa shape index (κ3) is 5.09. The van der Waals surface area contributed by atoms with Gasteiger partial charge in [0.1, 0.15) is 18.2 Å². The Morgan fingerprint density at radius 2 is 1.91 bits per heavy atom. The first-order valence-electron chi connectivity index (χ1n) is 11.0. The van der Waals surface area contributed by atoms with Gasteiger partial charge in [-0.25, -0.2) is 9.18 Å². The number of esters is 1. The number of hydrogen-bond donors (Lipinski definition) is 0. The Morgan fingerprint density at radius 1 is 1.12 bits per heavy atom. The highest BCUT2D eigenvalue weighted by Crippen LogP contribution is 2.43. The summed E-state index contributed by atoms with van der Waals surface area (Å²) in [5.74, 6) is -0.0325. The number of aryl methyl sites for hydroxylation is 1. The molecular formula is C27H25ClFNO3. The van der Waals surface area contributed by atoms with Crippen LogP contribution in [0.2, 0.25) is 5.02 Å². The van der Waals surface area contributed by atoms with Gasteiger partial charge in [-0.05, 0) is 80.2 Å². The lowest BCUT2D eigenvalue weighted by atomic mass is 9.96. The van der Waals surface area contributed by atoms with Gasteiger partial charge in [0.25, 0.3) is 0 Å². The first-order chi connectivity index (χ1) is 16.0. The van der Waals surface area contributed by atoms with E-state index >= 15 is 0 Å². The van der Waals surface area contributed by atoms with Crippen LogP contribution in [0.4, 0.5) is 4.39 Å². The lowest BCUT2D eigenvalue weighted by Crippen LogP contribution is -2.08. The fraction of sp³-hybridized carbons (Fsp3) is 0.259. The van der Waals surface area contributed by atoms with Gasteiger partial charge in [0.2, 0.25) is 0 Å². The van der Waals surface area contributed by atoms with Crippen LogP contribution in [0.3, 0.4) is 0 Å². The molecule has 170 valence electrons. The average Bonchev–Trinajstić information content (AvgIpc) is 3.29. The largest absolute Gasteiger partial charge is 0.488 e. The molecule has 0 saturated carbocycles. The fourth-order valence-electron chi connectivity index (χ4n) is 4.11. The Labute approximate surface area is 198 Å². The number of carbonyl (C=O) groups excluding carboxylic acids is 1. The van der Waals surface area contributed by atoms with Crippen LogP contribution in [-0.2, 0) is 11.3 Å². The Hall–Kier alpha value is -3.18. The molecule has 0 bridgehead atoms. The fourth-order valence-corrected chi connectivity index (χ4v) is 4.28. The van der Waals surface area contributed by atoms with Gasteiger partial charge in [-0.1, -0.05) is 29.8 Å².